The van der Waals surface area contributed by atoms with Crippen molar-refractivity contribution in [1.29, 1.82) is 0 Å². The summed E-state index contributed by atoms with van der Waals surface area (Å²) in [6.07, 6.45) is 0.486. The zero-order chi connectivity index (χ0) is 18.8. The van der Waals surface area contributed by atoms with Gasteiger partial charge in [0.15, 0.2) is 5.78 Å². The third kappa shape index (κ3) is 4.18. The molecular formula is C19H26N2O4. The minimum Gasteiger partial charge on any atom is -0.444 e. The van der Waals surface area contributed by atoms with Gasteiger partial charge in [-0.25, -0.2) is 4.79 Å². The van der Waals surface area contributed by atoms with E-state index in [-0.39, 0.29) is 11.9 Å². The molecule has 0 bridgehead atoms. The van der Waals surface area contributed by atoms with Crippen LogP contribution in [-0.2, 0) is 14.9 Å². The van der Waals surface area contributed by atoms with Crippen molar-refractivity contribution in [3.63, 3.8) is 0 Å². The molecule has 0 radical (unpaired) electrons. The third-order valence-electron chi connectivity index (χ3n) is 4.58. The number of hydrogen-bond acceptors (Lipinski definition) is 4. The third-order valence-corrected chi connectivity index (χ3v) is 4.58. The van der Waals surface area contributed by atoms with Crippen LogP contribution in [-0.4, -0.2) is 41.4 Å². The van der Waals surface area contributed by atoms with E-state index in [9.17, 15) is 14.4 Å². The number of nitrogens with zero attached hydrogens (tertiary/aromatic N) is 1. The lowest BCUT2D eigenvalue weighted by atomic mass is 9.72. The normalized spacial score (nSPS) is 17.0. The first-order chi connectivity index (χ1) is 11.5. The molecule has 1 fully saturated rings. The number of Topliss-reactive ketones (excluding diaryl/α,β-unsaturated/α-hetero) is 1. The molecule has 0 atom stereocenters. The molecule has 6 nitrogen and oxygen atoms in total. The number of ketones is 1. The molecule has 2 amide bonds. The average molecular weight is 346 g/mol. The fraction of sp³-hybridized carbons (Fsp3) is 0.526. The van der Waals surface area contributed by atoms with E-state index in [2.05, 4.69) is 0 Å². The summed E-state index contributed by atoms with van der Waals surface area (Å²) in [5, 5.41) is 0. The van der Waals surface area contributed by atoms with E-state index < -0.39 is 16.9 Å². The average Bonchev–Trinajstić information content (AvgIpc) is 2.53. The highest BCUT2D eigenvalue weighted by Crippen LogP contribution is 2.36. The van der Waals surface area contributed by atoms with E-state index in [1.54, 1.807) is 29.2 Å². The summed E-state index contributed by atoms with van der Waals surface area (Å²) >= 11 is 0. The molecule has 0 unspecified atom stereocenters. The van der Waals surface area contributed by atoms with Gasteiger partial charge in [-0.1, -0.05) is 24.3 Å². The van der Waals surface area contributed by atoms with Gasteiger partial charge >= 0.3 is 6.09 Å². The lowest BCUT2D eigenvalue weighted by Gasteiger charge is -2.40. The fourth-order valence-electron chi connectivity index (χ4n) is 3.10. The highest BCUT2D eigenvalue weighted by Gasteiger charge is 2.43. The largest absolute Gasteiger partial charge is 0.444 e. The smallest absolute Gasteiger partial charge is 0.410 e. The molecule has 1 aliphatic heterocycles. The Bertz CT molecular complexity index is 666. The van der Waals surface area contributed by atoms with Crippen LogP contribution in [0.2, 0.25) is 0 Å². The highest BCUT2D eigenvalue weighted by atomic mass is 16.6. The van der Waals surface area contributed by atoms with Crippen molar-refractivity contribution < 1.29 is 19.1 Å². The molecule has 2 rings (SSSR count). The molecule has 136 valence electrons. The molecule has 0 saturated carbocycles. The Morgan fingerprint density at radius 3 is 2.00 bits per heavy atom. The topological polar surface area (TPSA) is 89.7 Å². The lowest BCUT2D eigenvalue weighted by molar-refractivity contribution is -0.125. The maximum absolute atomic E-state index is 12.2. The van der Waals surface area contributed by atoms with Crippen LogP contribution in [0.15, 0.2) is 24.3 Å². The first kappa shape index (κ1) is 19.0. The lowest BCUT2D eigenvalue weighted by Crippen LogP contribution is -2.52. The van der Waals surface area contributed by atoms with Crippen LogP contribution in [0.1, 0.15) is 56.5 Å². The summed E-state index contributed by atoms with van der Waals surface area (Å²) in [7, 11) is 0. The van der Waals surface area contributed by atoms with E-state index in [4.69, 9.17) is 10.5 Å². The number of benzene rings is 1. The van der Waals surface area contributed by atoms with Crippen LogP contribution >= 0.6 is 0 Å². The number of carbonyl (C=O) groups excluding carboxylic acids is 3. The van der Waals surface area contributed by atoms with Crippen molar-refractivity contribution in [3.8, 4) is 0 Å². The Labute approximate surface area is 148 Å². The Morgan fingerprint density at radius 1 is 1.08 bits per heavy atom. The number of nitrogens with two attached hydrogens (primary N) is 1. The van der Waals surface area contributed by atoms with Gasteiger partial charge in [0.1, 0.15) is 5.60 Å². The number of piperidine rings is 1. The molecular weight excluding hydrogens is 320 g/mol. The SMILES string of the molecule is CC(=O)c1ccc(C2(C(N)=O)CCN(C(=O)OC(C)(C)C)CC2)cc1. The van der Waals surface area contributed by atoms with Crippen LogP contribution in [0.25, 0.3) is 0 Å². The molecule has 0 aromatic heterocycles. The number of carbonyl (C=O) groups is 3. The highest BCUT2D eigenvalue weighted by molar-refractivity contribution is 5.94. The minimum atomic E-state index is -0.826. The molecule has 25 heavy (non-hydrogen) atoms. The number of amides is 2. The summed E-state index contributed by atoms with van der Waals surface area (Å²) in [4.78, 5) is 37.5. The molecule has 1 aromatic rings. The van der Waals surface area contributed by atoms with Crippen molar-refractivity contribution in [2.75, 3.05) is 13.1 Å². The fourth-order valence-corrected chi connectivity index (χ4v) is 3.10. The summed E-state index contributed by atoms with van der Waals surface area (Å²) in [6.45, 7) is 7.74. The van der Waals surface area contributed by atoms with Gasteiger partial charge in [-0.2, -0.15) is 0 Å². The van der Waals surface area contributed by atoms with Crippen LogP contribution < -0.4 is 5.73 Å². The van der Waals surface area contributed by atoms with Crippen LogP contribution in [0.4, 0.5) is 4.79 Å². The first-order valence-corrected chi connectivity index (χ1v) is 8.44. The van der Waals surface area contributed by atoms with Crippen molar-refractivity contribution >= 4 is 17.8 Å². The Kier molecular flexibility index (Phi) is 5.20. The zero-order valence-electron chi connectivity index (χ0n) is 15.3. The minimum absolute atomic E-state index is 0.0283. The second-order valence-electron chi connectivity index (χ2n) is 7.55. The summed E-state index contributed by atoms with van der Waals surface area (Å²) in [6, 6.07) is 6.99. The molecule has 1 saturated heterocycles. The van der Waals surface area contributed by atoms with Crippen molar-refractivity contribution in [2.24, 2.45) is 5.73 Å². The summed E-state index contributed by atoms with van der Waals surface area (Å²) in [5.41, 5.74) is 5.71. The molecule has 1 heterocycles. The standard InChI is InChI=1S/C19H26N2O4/c1-13(22)14-5-7-15(8-6-14)19(16(20)23)9-11-21(12-10-19)17(24)25-18(2,3)4/h5-8H,9-12H2,1-4H3,(H2,20,23). The van der Waals surface area contributed by atoms with Crippen molar-refractivity contribution in [1.82, 2.24) is 4.90 Å². The Hall–Kier alpha value is -2.37. The molecule has 0 aliphatic carbocycles. The second-order valence-corrected chi connectivity index (χ2v) is 7.55. The van der Waals surface area contributed by atoms with E-state index in [0.717, 1.165) is 5.56 Å². The quantitative estimate of drug-likeness (QED) is 0.852. The Morgan fingerprint density at radius 2 is 1.60 bits per heavy atom. The maximum atomic E-state index is 12.2. The Balaban J connectivity index is 2.17. The van der Waals surface area contributed by atoms with Gasteiger partial charge in [-0.05, 0) is 46.1 Å². The van der Waals surface area contributed by atoms with E-state index >= 15 is 0 Å². The maximum Gasteiger partial charge on any atom is 0.410 e. The number of ether oxygens (including phenoxy) is 1. The van der Waals surface area contributed by atoms with Crippen LogP contribution in [0.3, 0.4) is 0 Å². The van der Waals surface area contributed by atoms with Gasteiger partial charge in [0.05, 0.1) is 5.41 Å². The van der Waals surface area contributed by atoms with Gasteiger partial charge < -0.3 is 15.4 Å². The second kappa shape index (κ2) is 6.86. The predicted octanol–water partition coefficient (Wildman–Crippen LogP) is 2.64. The summed E-state index contributed by atoms with van der Waals surface area (Å²) < 4.78 is 5.39. The van der Waals surface area contributed by atoms with E-state index in [1.807, 2.05) is 20.8 Å². The monoisotopic (exact) mass is 346 g/mol. The van der Waals surface area contributed by atoms with Gasteiger partial charge in [0.2, 0.25) is 5.91 Å². The van der Waals surface area contributed by atoms with Gasteiger partial charge in [0, 0.05) is 18.7 Å². The molecule has 0 spiro atoms. The first-order valence-electron chi connectivity index (χ1n) is 8.44. The number of primary amides is 1. The van der Waals surface area contributed by atoms with E-state index in [1.165, 1.54) is 6.92 Å². The molecule has 2 N–H and O–H groups in total. The van der Waals surface area contributed by atoms with Crippen LogP contribution in [0, 0.1) is 0 Å². The van der Waals surface area contributed by atoms with Crippen molar-refractivity contribution in [2.45, 2.75) is 51.6 Å². The van der Waals surface area contributed by atoms with Gasteiger partial charge in [-0.15, -0.1) is 0 Å². The summed E-state index contributed by atoms with van der Waals surface area (Å²) in [5.74, 6) is -0.439. The number of rotatable bonds is 3. The zero-order valence-corrected chi connectivity index (χ0v) is 15.3. The predicted molar refractivity (Wildman–Crippen MR) is 94.4 cm³/mol. The molecule has 6 heteroatoms. The van der Waals surface area contributed by atoms with Crippen molar-refractivity contribution in [3.05, 3.63) is 35.4 Å². The number of likely N-dealkylation sites (tertiary alicyclic amines) is 1. The molecule has 1 aromatic carbocycles. The number of hydrogen-bond donors (Lipinski definition) is 1. The van der Waals surface area contributed by atoms with Gasteiger partial charge in [0.25, 0.3) is 0 Å². The van der Waals surface area contributed by atoms with Gasteiger partial charge in [-0.3, -0.25) is 9.59 Å². The van der Waals surface area contributed by atoms with Crippen LogP contribution in [0.5, 0.6) is 0 Å². The molecule has 1 aliphatic rings. The van der Waals surface area contributed by atoms with E-state index in [0.29, 0.717) is 31.5 Å².